The maximum Gasteiger partial charge on any atom is 0.294 e. The van der Waals surface area contributed by atoms with Crippen molar-refractivity contribution in [1.82, 2.24) is 30.0 Å². The van der Waals surface area contributed by atoms with Gasteiger partial charge in [0, 0.05) is 23.5 Å². The zero-order valence-corrected chi connectivity index (χ0v) is 14.9. The van der Waals surface area contributed by atoms with Gasteiger partial charge in [-0.1, -0.05) is 23.4 Å². The molecular formula is C20H13N7O2. The molecule has 9 nitrogen and oxygen atoms in total. The lowest BCUT2D eigenvalue weighted by atomic mass is 10.1. The number of aromatic nitrogens is 6. The summed E-state index contributed by atoms with van der Waals surface area (Å²) >= 11 is 0. The van der Waals surface area contributed by atoms with Crippen LogP contribution in [0.4, 0.5) is 5.69 Å². The Morgan fingerprint density at radius 3 is 2.55 bits per heavy atom. The Labute approximate surface area is 164 Å². The molecule has 5 rings (SSSR count). The van der Waals surface area contributed by atoms with E-state index in [-0.39, 0.29) is 11.7 Å². The molecule has 1 amide bonds. The van der Waals surface area contributed by atoms with Gasteiger partial charge in [-0.25, -0.2) is 0 Å². The average molecular weight is 383 g/mol. The van der Waals surface area contributed by atoms with Crippen molar-refractivity contribution in [2.75, 3.05) is 5.32 Å². The SMILES string of the molecule is O=C(Nc1ccc(-c2ccc3nnc(-c4ccccn4)n3n2)cc1)c1ccno1. The van der Waals surface area contributed by atoms with Crippen molar-refractivity contribution in [2.24, 2.45) is 0 Å². The fourth-order valence-electron chi connectivity index (χ4n) is 2.85. The quantitative estimate of drug-likeness (QED) is 0.507. The number of amides is 1. The number of anilines is 1. The van der Waals surface area contributed by atoms with Gasteiger partial charge in [-0.3, -0.25) is 9.78 Å². The highest BCUT2D eigenvalue weighted by molar-refractivity contribution is 6.02. The lowest BCUT2D eigenvalue weighted by molar-refractivity contribution is 0.0988. The first-order valence-electron chi connectivity index (χ1n) is 8.74. The van der Waals surface area contributed by atoms with Crippen LogP contribution in [0.1, 0.15) is 10.6 Å². The summed E-state index contributed by atoms with van der Waals surface area (Å²) in [5, 5.41) is 19.3. The zero-order chi connectivity index (χ0) is 19.6. The van der Waals surface area contributed by atoms with E-state index >= 15 is 0 Å². The summed E-state index contributed by atoms with van der Waals surface area (Å²) in [4.78, 5) is 16.4. The monoisotopic (exact) mass is 383 g/mol. The molecule has 4 heterocycles. The molecule has 140 valence electrons. The summed E-state index contributed by atoms with van der Waals surface area (Å²) in [7, 11) is 0. The van der Waals surface area contributed by atoms with Crippen LogP contribution in [0.3, 0.4) is 0 Å². The molecule has 1 N–H and O–H groups in total. The predicted octanol–water partition coefficient (Wildman–Crippen LogP) is 3.09. The summed E-state index contributed by atoms with van der Waals surface area (Å²) in [5.74, 6) is 0.355. The summed E-state index contributed by atoms with van der Waals surface area (Å²) < 4.78 is 6.51. The number of carbonyl (C=O) groups excluding carboxylic acids is 1. The highest BCUT2D eigenvalue weighted by Crippen LogP contribution is 2.22. The normalized spacial score (nSPS) is 10.9. The Kier molecular flexibility index (Phi) is 4.02. The van der Waals surface area contributed by atoms with Crippen LogP contribution in [-0.4, -0.2) is 35.9 Å². The van der Waals surface area contributed by atoms with E-state index in [1.807, 2.05) is 42.5 Å². The van der Waals surface area contributed by atoms with Crippen LogP contribution >= 0.6 is 0 Å². The fourth-order valence-corrected chi connectivity index (χ4v) is 2.85. The number of rotatable bonds is 4. The zero-order valence-electron chi connectivity index (χ0n) is 14.9. The molecule has 0 saturated heterocycles. The molecule has 0 aliphatic rings. The molecule has 1 aromatic carbocycles. The van der Waals surface area contributed by atoms with Crippen LogP contribution in [0, 0.1) is 0 Å². The number of benzene rings is 1. The van der Waals surface area contributed by atoms with Gasteiger partial charge in [0.05, 0.1) is 11.9 Å². The largest absolute Gasteiger partial charge is 0.351 e. The summed E-state index contributed by atoms with van der Waals surface area (Å²) in [5.41, 5.74) is 3.57. The van der Waals surface area contributed by atoms with Gasteiger partial charge in [0.25, 0.3) is 5.91 Å². The predicted molar refractivity (Wildman–Crippen MR) is 104 cm³/mol. The lowest BCUT2D eigenvalue weighted by Gasteiger charge is -2.06. The maximum absolute atomic E-state index is 12.0. The van der Waals surface area contributed by atoms with E-state index in [1.165, 1.54) is 12.3 Å². The lowest BCUT2D eigenvalue weighted by Crippen LogP contribution is -2.10. The van der Waals surface area contributed by atoms with Crippen LogP contribution in [0.25, 0.3) is 28.4 Å². The Bertz CT molecular complexity index is 1280. The van der Waals surface area contributed by atoms with Gasteiger partial charge >= 0.3 is 0 Å². The number of pyridine rings is 1. The van der Waals surface area contributed by atoms with Crippen LogP contribution in [-0.2, 0) is 0 Å². The second-order valence-electron chi connectivity index (χ2n) is 6.14. The smallest absolute Gasteiger partial charge is 0.294 e. The van der Waals surface area contributed by atoms with Crippen molar-refractivity contribution < 1.29 is 9.32 Å². The first kappa shape index (κ1) is 16.8. The molecule has 4 aromatic heterocycles. The summed E-state index contributed by atoms with van der Waals surface area (Å²) in [6, 6.07) is 18.1. The summed E-state index contributed by atoms with van der Waals surface area (Å²) in [6.07, 6.45) is 3.12. The first-order valence-corrected chi connectivity index (χ1v) is 8.74. The molecule has 0 atom stereocenters. The number of nitrogens with one attached hydrogen (secondary N) is 1. The standard InChI is InChI=1S/C20H13N7O2/c28-20(17-10-12-22-29-17)23-14-6-4-13(5-7-14)15-8-9-18-24-25-19(27(18)26-15)16-3-1-2-11-21-16/h1-12H,(H,23,28). The van der Waals surface area contributed by atoms with E-state index in [2.05, 4.69) is 30.8 Å². The number of nitrogens with zero attached hydrogens (tertiary/aromatic N) is 6. The van der Waals surface area contributed by atoms with Crippen molar-refractivity contribution >= 4 is 17.2 Å². The molecule has 0 bridgehead atoms. The molecule has 0 aliphatic carbocycles. The highest BCUT2D eigenvalue weighted by atomic mass is 16.5. The second-order valence-corrected chi connectivity index (χ2v) is 6.14. The molecule has 5 aromatic rings. The van der Waals surface area contributed by atoms with E-state index in [4.69, 9.17) is 4.52 Å². The Morgan fingerprint density at radius 2 is 1.79 bits per heavy atom. The second kappa shape index (κ2) is 6.97. The van der Waals surface area contributed by atoms with E-state index in [1.54, 1.807) is 22.8 Å². The topological polar surface area (TPSA) is 111 Å². The van der Waals surface area contributed by atoms with Crippen molar-refractivity contribution in [3.05, 3.63) is 78.8 Å². The molecule has 0 fully saturated rings. The van der Waals surface area contributed by atoms with Crippen molar-refractivity contribution in [1.29, 1.82) is 0 Å². The highest BCUT2D eigenvalue weighted by Gasteiger charge is 2.12. The molecule has 0 saturated carbocycles. The van der Waals surface area contributed by atoms with E-state index in [0.717, 1.165) is 11.3 Å². The van der Waals surface area contributed by atoms with Gasteiger partial charge in [0.15, 0.2) is 5.65 Å². The minimum Gasteiger partial charge on any atom is -0.351 e. The van der Waals surface area contributed by atoms with E-state index in [9.17, 15) is 4.79 Å². The third-order valence-corrected chi connectivity index (χ3v) is 4.26. The molecule has 29 heavy (non-hydrogen) atoms. The van der Waals surface area contributed by atoms with Gasteiger partial charge in [-0.15, -0.1) is 10.2 Å². The number of hydrogen-bond donors (Lipinski definition) is 1. The molecule has 0 radical (unpaired) electrons. The van der Waals surface area contributed by atoms with E-state index < -0.39 is 0 Å². The molecule has 0 aliphatic heterocycles. The summed E-state index contributed by atoms with van der Waals surface area (Å²) in [6.45, 7) is 0. The van der Waals surface area contributed by atoms with Crippen LogP contribution in [0.15, 0.2) is 77.6 Å². The van der Waals surface area contributed by atoms with Crippen LogP contribution in [0.5, 0.6) is 0 Å². The molecule has 0 unspecified atom stereocenters. The third kappa shape index (κ3) is 3.21. The van der Waals surface area contributed by atoms with Gasteiger partial charge in [-0.2, -0.15) is 9.61 Å². The van der Waals surface area contributed by atoms with Crippen molar-refractivity contribution in [2.45, 2.75) is 0 Å². The number of hydrogen-bond acceptors (Lipinski definition) is 7. The fraction of sp³-hybridized carbons (Fsp3) is 0. The van der Waals surface area contributed by atoms with Gasteiger partial charge in [0.2, 0.25) is 11.6 Å². The van der Waals surface area contributed by atoms with Gasteiger partial charge in [0.1, 0.15) is 5.69 Å². The first-order chi connectivity index (χ1) is 14.3. The Hall–Kier alpha value is -4.40. The van der Waals surface area contributed by atoms with Gasteiger partial charge in [-0.05, 0) is 36.4 Å². The molecule has 9 heteroatoms. The van der Waals surface area contributed by atoms with E-state index in [0.29, 0.717) is 22.9 Å². The Morgan fingerprint density at radius 1 is 0.897 bits per heavy atom. The molecular weight excluding hydrogens is 370 g/mol. The number of carbonyl (C=O) groups is 1. The van der Waals surface area contributed by atoms with Crippen molar-refractivity contribution in [3.63, 3.8) is 0 Å². The average Bonchev–Trinajstić information content (AvgIpc) is 3.45. The minimum atomic E-state index is -0.362. The Balaban J connectivity index is 1.44. The minimum absolute atomic E-state index is 0.149. The molecule has 0 spiro atoms. The van der Waals surface area contributed by atoms with Crippen LogP contribution < -0.4 is 5.32 Å². The third-order valence-electron chi connectivity index (χ3n) is 4.26. The number of fused-ring (bicyclic) bond motifs is 1. The maximum atomic E-state index is 12.0. The van der Waals surface area contributed by atoms with Gasteiger partial charge < -0.3 is 9.84 Å². The van der Waals surface area contributed by atoms with Crippen LogP contribution in [0.2, 0.25) is 0 Å². The van der Waals surface area contributed by atoms with Crippen molar-refractivity contribution in [3.8, 4) is 22.8 Å².